The monoisotopic (exact) mass is 354 g/mol. The van der Waals surface area contributed by atoms with Gasteiger partial charge < -0.3 is 24.8 Å². The molecule has 0 atom stereocenters. The number of alkyl halides is 3. The first-order chi connectivity index (χ1) is 11.9. The van der Waals surface area contributed by atoms with E-state index in [0.717, 1.165) is 12.1 Å². The molecular formula is C16H13F3N2O4. The summed E-state index contributed by atoms with van der Waals surface area (Å²) in [5, 5.41) is 5.48. The summed E-state index contributed by atoms with van der Waals surface area (Å²) in [5.74, 6) is 0.501. The number of hydrogen-bond acceptors (Lipinski definition) is 5. The van der Waals surface area contributed by atoms with Gasteiger partial charge in [-0.2, -0.15) is 0 Å². The van der Waals surface area contributed by atoms with E-state index in [-0.39, 0.29) is 25.0 Å². The van der Waals surface area contributed by atoms with Crippen molar-refractivity contribution in [1.29, 1.82) is 0 Å². The van der Waals surface area contributed by atoms with Crippen LogP contribution in [0.4, 0.5) is 24.5 Å². The third kappa shape index (κ3) is 4.69. The Morgan fingerprint density at radius 3 is 2.44 bits per heavy atom. The van der Waals surface area contributed by atoms with Gasteiger partial charge in [-0.1, -0.05) is 0 Å². The molecule has 1 aliphatic heterocycles. The summed E-state index contributed by atoms with van der Waals surface area (Å²) in [5.41, 5.74) is 1.03. The molecule has 0 bridgehead atoms. The van der Waals surface area contributed by atoms with E-state index in [4.69, 9.17) is 9.47 Å². The van der Waals surface area contributed by atoms with Crippen LogP contribution in [-0.2, 0) is 4.79 Å². The van der Waals surface area contributed by atoms with Crippen LogP contribution in [0.2, 0.25) is 0 Å². The fourth-order valence-corrected chi connectivity index (χ4v) is 2.14. The zero-order valence-corrected chi connectivity index (χ0v) is 12.7. The second kappa shape index (κ2) is 6.80. The van der Waals surface area contributed by atoms with Crippen molar-refractivity contribution in [3.8, 4) is 17.2 Å². The Morgan fingerprint density at radius 1 is 1.04 bits per heavy atom. The standard InChI is InChI=1S/C16H13F3N2O4/c17-16(18,19)25-12-4-1-10(2-5-12)20-8-15(22)21-11-3-6-13-14(7-11)24-9-23-13/h1-7,20H,8-9H2,(H,21,22). The minimum Gasteiger partial charge on any atom is -0.454 e. The van der Waals surface area contributed by atoms with Crippen LogP contribution < -0.4 is 24.8 Å². The van der Waals surface area contributed by atoms with Crippen molar-refractivity contribution in [1.82, 2.24) is 0 Å². The summed E-state index contributed by atoms with van der Waals surface area (Å²) in [6.45, 7) is 0.0796. The summed E-state index contributed by atoms with van der Waals surface area (Å²) in [6.07, 6.45) is -4.74. The van der Waals surface area contributed by atoms with Gasteiger partial charge in [0.25, 0.3) is 0 Å². The number of fused-ring (bicyclic) bond motifs is 1. The summed E-state index contributed by atoms with van der Waals surface area (Å²) >= 11 is 0. The van der Waals surface area contributed by atoms with Crippen LogP contribution >= 0.6 is 0 Å². The van der Waals surface area contributed by atoms with Crippen LogP contribution in [0.1, 0.15) is 0 Å². The van der Waals surface area contributed by atoms with Gasteiger partial charge in [0, 0.05) is 17.4 Å². The largest absolute Gasteiger partial charge is 0.573 e. The fourth-order valence-electron chi connectivity index (χ4n) is 2.14. The number of rotatable bonds is 5. The maximum atomic E-state index is 12.1. The highest BCUT2D eigenvalue weighted by Crippen LogP contribution is 2.34. The maximum Gasteiger partial charge on any atom is 0.573 e. The van der Waals surface area contributed by atoms with Gasteiger partial charge >= 0.3 is 6.36 Å². The molecule has 6 nitrogen and oxygen atoms in total. The van der Waals surface area contributed by atoms with Crippen LogP contribution in [-0.4, -0.2) is 25.6 Å². The molecule has 3 rings (SSSR count). The van der Waals surface area contributed by atoms with Crippen molar-refractivity contribution in [3.63, 3.8) is 0 Å². The van der Waals surface area contributed by atoms with E-state index in [9.17, 15) is 18.0 Å². The van der Waals surface area contributed by atoms with Crippen LogP contribution in [0.5, 0.6) is 17.2 Å². The molecule has 25 heavy (non-hydrogen) atoms. The Labute approximate surface area is 140 Å². The van der Waals surface area contributed by atoms with E-state index >= 15 is 0 Å². The molecule has 0 spiro atoms. The number of hydrogen-bond donors (Lipinski definition) is 2. The summed E-state index contributed by atoms with van der Waals surface area (Å²) in [6, 6.07) is 10.1. The molecule has 0 fully saturated rings. The number of halogens is 3. The quantitative estimate of drug-likeness (QED) is 0.862. The lowest BCUT2D eigenvalue weighted by molar-refractivity contribution is -0.274. The lowest BCUT2D eigenvalue weighted by Crippen LogP contribution is -2.21. The van der Waals surface area contributed by atoms with E-state index in [0.29, 0.717) is 22.9 Å². The van der Waals surface area contributed by atoms with Gasteiger partial charge in [-0.3, -0.25) is 4.79 Å². The first-order valence-corrected chi connectivity index (χ1v) is 7.18. The van der Waals surface area contributed by atoms with Crippen LogP contribution in [0.25, 0.3) is 0 Å². The van der Waals surface area contributed by atoms with E-state index in [1.54, 1.807) is 18.2 Å². The highest BCUT2D eigenvalue weighted by Gasteiger charge is 2.30. The smallest absolute Gasteiger partial charge is 0.454 e. The zero-order valence-electron chi connectivity index (χ0n) is 12.7. The van der Waals surface area contributed by atoms with Crippen LogP contribution in [0.3, 0.4) is 0 Å². The number of nitrogens with one attached hydrogen (secondary N) is 2. The zero-order chi connectivity index (χ0) is 17.9. The molecule has 0 saturated carbocycles. The van der Waals surface area contributed by atoms with Gasteiger partial charge in [-0.05, 0) is 36.4 Å². The Kier molecular flexibility index (Phi) is 4.55. The molecule has 2 aromatic carbocycles. The number of carbonyl (C=O) groups is 1. The second-order valence-electron chi connectivity index (χ2n) is 5.04. The molecule has 0 unspecified atom stereocenters. The molecular weight excluding hydrogens is 341 g/mol. The average Bonchev–Trinajstić information content (AvgIpc) is 3.00. The second-order valence-corrected chi connectivity index (χ2v) is 5.04. The van der Waals surface area contributed by atoms with Crippen molar-refractivity contribution < 1.29 is 32.2 Å². The van der Waals surface area contributed by atoms with Crippen LogP contribution in [0, 0.1) is 0 Å². The molecule has 2 N–H and O–H groups in total. The van der Waals surface area contributed by atoms with Gasteiger partial charge in [0.05, 0.1) is 6.54 Å². The van der Waals surface area contributed by atoms with Crippen molar-refractivity contribution in [3.05, 3.63) is 42.5 Å². The molecule has 2 aromatic rings. The first kappa shape index (κ1) is 16.7. The van der Waals surface area contributed by atoms with Gasteiger partial charge in [0.2, 0.25) is 12.7 Å². The first-order valence-electron chi connectivity index (χ1n) is 7.18. The Morgan fingerprint density at radius 2 is 1.72 bits per heavy atom. The highest BCUT2D eigenvalue weighted by atomic mass is 19.4. The fraction of sp³-hybridized carbons (Fsp3) is 0.188. The Balaban J connectivity index is 1.50. The normalized spacial score (nSPS) is 12.6. The lowest BCUT2D eigenvalue weighted by atomic mass is 10.2. The topological polar surface area (TPSA) is 68.8 Å². The molecule has 1 amide bonds. The average molecular weight is 354 g/mol. The molecule has 0 aliphatic carbocycles. The molecule has 0 aromatic heterocycles. The SMILES string of the molecule is O=C(CNc1ccc(OC(F)(F)F)cc1)Nc1ccc2c(c1)OCO2. The van der Waals surface area contributed by atoms with Crippen molar-refractivity contribution in [2.45, 2.75) is 6.36 Å². The molecule has 1 aliphatic rings. The van der Waals surface area contributed by atoms with Crippen molar-refractivity contribution >= 4 is 17.3 Å². The minimum absolute atomic E-state index is 0.0616. The van der Waals surface area contributed by atoms with Crippen LogP contribution in [0.15, 0.2) is 42.5 Å². The van der Waals surface area contributed by atoms with Gasteiger partial charge in [0.15, 0.2) is 11.5 Å². The van der Waals surface area contributed by atoms with Gasteiger partial charge in [-0.15, -0.1) is 13.2 Å². The highest BCUT2D eigenvalue weighted by molar-refractivity contribution is 5.94. The summed E-state index contributed by atoms with van der Waals surface area (Å²) in [7, 11) is 0. The van der Waals surface area contributed by atoms with E-state index < -0.39 is 6.36 Å². The number of benzene rings is 2. The predicted molar refractivity (Wildman–Crippen MR) is 82.8 cm³/mol. The van der Waals surface area contributed by atoms with Crippen molar-refractivity contribution in [2.24, 2.45) is 0 Å². The van der Waals surface area contributed by atoms with E-state index in [2.05, 4.69) is 15.4 Å². The number of ether oxygens (including phenoxy) is 3. The number of amides is 1. The third-order valence-corrected chi connectivity index (χ3v) is 3.20. The Hall–Kier alpha value is -3.10. The predicted octanol–water partition coefficient (Wildman–Crippen LogP) is 3.36. The molecule has 9 heteroatoms. The molecule has 0 saturated heterocycles. The lowest BCUT2D eigenvalue weighted by Gasteiger charge is -2.11. The van der Waals surface area contributed by atoms with E-state index in [1.807, 2.05) is 0 Å². The maximum absolute atomic E-state index is 12.1. The van der Waals surface area contributed by atoms with Gasteiger partial charge in [-0.25, -0.2) is 0 Å². The summed E-state index contributed by atoms with van der Waals surface area (Å²) < 4.78 is 50.4. The third-order valence-electron chi connectivity index (χ3n) is 3.20. The molecule has 1 heterocycles. The summed E-state index contributed by atoms with van der Waals surface area (Å²) in [4.78, 5) is 11.9. The number of carbonyl (C=O) groups excluding carboxylic acids is 1. The molecule has 132 valence electrons. The minimum atomic E-state index is -4.74. The Bertz CT molecular complexity index is 763. The van der Waals surface area contributed by atoms with Gasteiger partial charge in [0.1, 0.15) is 5.75 Å². The van der Waals surface area contributed by atoms with E-state index in [1.165, 1.54) is 12.1 Å². The van der Waals surface area contributed by atoms with Crippen molar-refractivity contribution in [2.75, 3.05) is 24.0 Å². The number of anilines is 2. The molecule has 0 radical (unpaired) electrons.